The Morgan fingerprint density at radius 2 is 2.05 bits per heavy atom. The molecular formula is C11H19N3O5. The van der Waals surface area contributed by atoms with Crippen LogP contribution in [0.2, 0.25) is 0 Å². The van der Waals surface area contributed by atoms with Crippen LogP contribution in [-0.2, 0) is 9.59 Å². The first kappa shape index (κ1) is 15.2. The Hall–Kier alpha value is -1.83. The molecule has 0 aromatic carbocycles. The zero-order valence-corrected chi connectivity index (χ0v) is 10.8. The molecule has 1 saturated heterocycles. The molecule has 108 valence electrons. The number of aliphatic carboxylic acids is 2. The zero-order chi connectivity index (χ0) is 14.4. The van der Waals surface area contributed by atoms with E-state index in [-0.39, 0.29) is 0 Å². The van der Waals surface area contributed by atoms with Crippen molar-refractivity contribution in [3.8, 4) is 0 Å². The van der Waals surface area contributed by atoms with E-state index in [0.29, 0.717) is 12.5 Å². The van der Waals surface area contributed by atoms with E-state index in [9.17, 15) is 14.4 Å². The third kappa shape index (κ3) is 5.56. The van der Waals surface area contributed by atoms with Gasteiger partial charge in [-0.1, -0.05) is 0 Å². The van der Waals surface area contributed by atoms with Crippen LogP contribution in [0, 0.1) is 5.92 Å². The molecule has 0 aliphatic carbocycles. The normalized spacial score (nSPS) is 20.8. The Morgan fingerprint density at radius 1 is 1.37 bits per heavy atom. The number of carboxylic acid groups (broad SMARTS) is 2. The van der Waals surface area contributed by atoms with E-state index in [1.807, 2.05) is 7.05 Å². The third-order valence-electron chi connectivity index (χ3n) is 3.02. The first-order chi connectivity index (χ1) is 8.88. The predicted molar refractivity (Wildman–Crippen MR) is 65.8 cm³/mol. The number of carbonyl (C=O) groups is 3. The monoisotopic (exact) mass is 273 g/mol. The fourth-order valence-corrected chi connectivity index (χ4v) is 2.01. The molecule has 0 bridgehead atoms. The molecule has 0 radical (unpaired) electrons. The van der Waals surface area contributed by atoms with Gasteiger partial charge in [-0.3, -0.25) is 4.79 Å². The number of urea groups is 1. The molecule has 2 amide bonds. The van der Waals surface area contributed by atoms with Crippen molar-refractivity contribution in [2.24, 2.45) is 5.92 Å². The summed E-state index contributed by atoms with van der Waals surface area (Å²) in [5, 5.41) is 22.0. The Labute approximate surface area is 110 Å². The van der Waals surface area contributed by atoms with E-state index in [2.05, 4.69) is 15.5 Å². The second kappa shape index (κ2) is 6.93. The van der Waals surface area contributed by atoms with Gasteiger partial charge in [0.05, 0.1) is 6.42 Å². The molecule has 8 heteroatoms. The maximum atomic E-state index is 11.5. The van der Waals surface area contributed by atoms with Gasteiger partial charge in [-0.05, 0) is 25.9 Å². The molecule has 0 aromatic heterocycles. The summed E-state index contributed by atoms with van der Waals surface area (Å²) in [4.78, 5) is 34.9. The van der Waals surface area contributed by atoms with Gasteiger partial charge in [0.2, 0.25) is 0 Å². The van der Waals surface area contributed by atoms with E-state index in [1.54, 1.807) is 0 Å². The van der Waals surface area contributed by atoms with E-state index in [0.717, 1.165) is 19.5 Å². The average molecular weight is 273 g/mol. The van der Waals surface area contributed by atoms with Gasteiger partial charge in [-0.15, -0.1) is 0 Å². The Bertz CT molecular complexity index is 360. The molecular weight excluding hydrogens is 254 g/mol. The second-order valence-electron chi connectivity index (χ2n) is 4.76. The van der Waals surface area contributed by atoms with Crippen molar-refractivity contribution < 1.29 is 24.6 Å². The maximum absolute atomic E-state index is 11.5. The van der Waals surface area contributed by atoms with Crippen LogP contribution < -0.4 is 10.6 Å². The van der Waals surface area contributed by atoms with Crippen LogP contribution in [0.25, 0.3) is 0 Å². The van der Waals surface area contributed by atoms with Crippen LogP contribution in [0.1, 0.15) is 12.8 Å². The van der Waals surface area contributed by atoms with Gasteiger partial charge in [-0.2, -0.15) is 0 Å². The van der Waals surface area contributed by atoms with Crippen molar-refractivity contribution in [3.05, 3.63) is 0 Å². The Morgan fingerprint density at radius 3 is 2.53 bits per heavy atom. The minimum Gasteiger partial charge on any atom is -0.481 e. The SMILES string of the molecule is CN1CCC(CNC(=O)N[C@@H](CC(=O)O)C(=O)O)C1. The number of likely N-dealkylation sites (tertiary alicyclic amines) is 1. The molecule has 0 saturated carbocycles. The highest BCUT2D eigenvalue weighted by Crippen LogP contribution is 2.12. The molecule has 1 rings (SSSR count). The van der Waals surface area contributed by atoms with Crippen LogP contribution in [0.15, 0.2) is 0 Å². The second-order valence-corrected chi connectivity index (χ2v) is 4.76. The van der Waals surface area contributed by atoms with Gasteiger partial charge >= 0.3 is 18.0 Å². The molecule has 1 unspecified atom stereocenters. The highest BCUT2D eigenvalue weighted by molar-refractivity contribution is 5.86. The molecule has 1 fully saturated rings. The van der Waals surface area contributed by atoms with E-state index in [4.69, 9.17) is 10.2 Å². The lowest BCUT2D eigenvalue weighted by atomic mass is 10.1. The summed E-state index contributed by atoms with van der Waals surface area (Å²) in [6, 6.07) is -2.06. The zero-order valence-electron chi connectivity index (χ0n) is 10.8. The van der Waals surface area contributed by atoms with E-state index >= 15 is 0 Å². The summed E-state index contributed by atoms with van der Waals surface area (Å²) in [6.07, 6.45) is 0.336. The minimum absolute atomic E-state index is 0.346. The number of hydrogen-bond donors (Lipinski definition) is 4. The van der Waals surface area contributed by atoms with Crippen molar-refractivity contribution in [1.29, 1.82) is 0 Å². The van der Waals surface area contributed by atoms with Gasteiger partial charge in [0.25, 0.3) is 0 Å². The predicted octanol–water partition coefficient (Wildman–Crippen LogP) is -0.835. The molecule has 4 N–H and O–H groups in total. The molecule has 1 aliphatic heterocycles. The topological polar surface area (TPSA) is 119 Å². The number of nitrogens with one attached hydrogen (secondary N) is 2. The highest BCUT2D eigenvalue weighted by atomic mass is 16.4. The Kier molecular flexibility index (Phi) is 5.56. The van der Waals surface area contributed by atoms with Gasteiger partial charge in [0.15, 0.2) is 0 Å². The third-order valence-corrected chi connectivity index (χ3v) is 3.02. The average Bonchev–Trinajstić information content (AvgIpc) is 2.71. The fraction of sp³-hybridized carbons (Fsp3) is 0.727. The Balaban J connectivity index is 2.32. The number of carboxylic acids is 2. The number of amides is 2. The summed E-state index contributed by atoms with van der Waals surface area (Å²) >= 11 is 0. The standard InChI is InChI=1S/C11H19N3O5/c1-14-3-2-7(6-14)5-12-11(19)13-8(10(17)18)4-9(15)16/h7-8H,2-6H2,1H3,(H,15,16)(H,17,18)(H2,12,13,19)/t7?,8-/m0/s1. The van der Waals surface area contributed by atoms with Crippen LogP contribution in [0.4, 0.5) is 4.79 Å². The number of nitrogens with zero attached hydrogens (tertiary/aromatic N) is 1. The summed E-state index contributed by atoms with van der Waals surface area (Å²) in [6.45, 7) is 2.32. The van der Waals surface area contributed by atoms with Gasteiger partial charge < -0.3 is 25.7 Å². The summed E-state index contributed by atoms with van der Waals surface area (Å²) in [7, 11) is 1.99. The molecule has 1 heterocycles. The first-order valence-corrected chi connectivity index (χ1v) is 6.06. The van der Waals surface area contributed by atoms with Crippen LogP contribution in [-0.4, -0.2) is 65.8 Å². The highest BCUT2D eigenvalue weighted by Gasteiger charge is 2.24. The lowest BCUT2D eigenvalue weighted by molar-refractivity contribution is -0.145. The van der Waals surface area contributed by atoms with Crippen LogP contribution in [0.3, 0.4) is 0 Å². The summed E-state index contributed by atoms with van der Waals surface area (Å²) in [5.41, 5.74) is 0. The first-order valence-electron chi connectivity index (χ1n) is 6.06. The smallest absolute Gasteiger partial charge is 0.326 e. The van der Waals surface area contributed by atoms with E-state index < -0.39 is 30.4 Å². The number of carbonyl (C=O) groups excluding carboxylic acids is 1. The molecule has 0 aromatic rings. The number of hydrogen-bond acceptors (Lipinski definition) is 4. The van der Waals surface area contributed by atoms with Crippen molar-refractivity contribution in [1.82, 2.24) is 15.5 Å². The quantitative estimate of drug-likeness (QED) is 0.501. The molecule has 8 nitrogen and oxygen atoms in total. The summed E-state index contributed by atoms with van der Waals surface area (Å²) in [5.74, 6) is -2.29. The lowest BCUT2D eigenvalue weighted by Gasteiger charge is -2.15. The van der Waals surface area contributed by atoms with Gasteiger partial charge in [-0.25, -0.2) is 9.59 Å². The van der Waals surface area contributed by atoms with Crippen molar-refractivity contribution >= 4 is 18.0 Å². The minimum atomic E-state index is -1.41. The lowest BCUT2D eigenvalue weighted by Crippen LogP contribution is -2.48. The number of rotatable bonds is 6. The molecule has 0 spiro atoms. The largest absolute Gasteiger partial charge is 0.481 e. The molecule has 19 heavy (non-hydrogen) atoms. The van der Waals surface area contributed by atoms with E-state index in [1.165, 1.54) is 0 Å². The van der Waals surface area contributed by atoms with Crippen molar-refractivity contribution in [2.75, 3.05) is 26.7 Å². The van der Waals surface area contributed by atoms with Gasteiger partial charge in [0, 0.05) is 13.1 Å². The van der Waals surface area contributed by atoms with Crippen molar-refractivity contribution in [2.45, 2.75) is 18.9 Å². The maximum Gasteiger partial charge on any atom is 0.326 e. The molecule has 1 aliphatic rings. The van der Waals surface area contributed by atoms with Crippen LogP contribution in [0.5, 0.6) is 0 Å². The molecule has 2 atom stereocenters. The van der Waals surface area contributed by atoms with Crippen molar-refractivity contribution in [3.63, 3.8) is 0 Å². The van der Waals surface area contributed by atoms with Gasteiger partial charge in [0.1, 0.15) is 6.04 Å². The fourth-order valence-electron chi connectivity index (χ4n) is 2.01. The summed E-state index contributed by atoms with van der Waals surface area (Å²) < 4.78 is 0. The van der Waals surface area contributed by atoms with Crippen LogP contribution >= 0.6 is 0 Å².